The summed E-state index contributed by atoms with van der Waals surface area (Å²) in [6, 6.07) is 21.7. The fourth-order valence-electron chi connectivity index (χ4n) is 4.72. The van der Waals surface area contributed by atoms with Gasteiger partial charge in [0, 0.05) is 24.5 Å². The second-order valence-corrected chi connectivity index (χ2v) is 7.94. The van der Waals surface area contributed by atoms with E-state index in [0.717, 1.165) is 31.5 Å². The molecule has 2 aliphatic heterocycles. The fraction of sp³-hybridized carbons (Fsp3) is 0.455. The van der Waals surface area contributed by atoms with Crippen LogP contribution in [0.15, 0.2) is 60.7 Å². The topological polar surface area (TPSA) is 23.5 Å². The van der Waals surface area contributed by atoms with Crippen LogP contribution in [0, 0.1) is 0 Å². The van der Waals surface area contributed by atoms with Gasteiger partial charge in [0.05, 0.1) is 5.60 Å². The molecule has 3 atom stereocenters. The highest BCUT2D eigenvalue weighted by molar-refractivity contribution is 5.27. The van der Waals surface area contributed by atoms with E-state index in [9.17, 15) is 5.11 Å². The average Bonchev–Trinajstić information content (AvgIpc) is 2.64. The van der Waals surface area contributed by atoms with E-state index >= 15 is 0 Å². The molecule has 4 rings (SSSR count). The number of benzene rings is 2. The summed E-state index contributed by atoms with van der Waals surface area (Å²) in [5, 5.41) is 11.2. The average molecular weight is 321 g/mol. The number of fused-ring (bicyclic) bond motifs is 1. The van der Waals surface area contributed by atoms with E-state index in [1.807, 2.05) is 18.2 Å². The van der Waals surface area contributed by atoms with E-state index in [1.54, 1.807) is 0 Å². The van der Waals surface area contributed by atoms with Gasteiger partial charge in [-0.05, 0) is 36.8 Å². The van der Waals surface area contributed by atoms with E-state index in [2.05, 4.69) is 54.3 Å². The standard InChI is InChI=1S/C22H27NO/c1-21(18-8-4-2-5-9-18)13-12-20-16-22(24,14-15-23(20)17-21)19-10-6-3-7-11-19/h2-11,20,24H,12-17H2,1H3. The van der Waals surface area contributed by atoms with Gasteiger partial charge in [-0.25, -0.2) is 0 Å². The van der Waals surface area contributed by atoms with Crippen LogP contribution in [0.3, 0.4) is 0 Å². The Kier molecular flexibility index (Phi) is 3.98. The Hall–Kier alpha value is -1.64. The van der Waals surface area contributed by atoms with Gasteiger partial charge in [0.2, 0.25) is 0 Å². The lowest BCUT2D eigenvalue weighted by Crippen LogP contribution is -2.56. The van der Waals surface area contributed by atoms with Crippen LogP contribution in [0.25, 0.3) is 0 Å². The molecule has 0 amide bonds. The van der Waals surface area contributed by atoms with E-state index < -0.39 is 5.60 Å². The second-order valence-electron chi connectivity index (χ2n) is 7.94. The Bertz CT molecular complexity index is 624. The van der Waals surface area contributed by atoms with Crippen molar-refractivity contribution in [2.45, 2.75) is 49.7 Å². The zero-order chi connectivity index (χ0) is 16.6. The van der Waals surface area contributed by atoms with Gasteiger partial charge in [0.1, 0.15) is 0 Å². The molecule has 2 fully saturated rings. The van der Waals surface area contributed by atoms with E-state index in [1.165, 1.54) is 18.4 Å². The van der Waals surface area contributed by atoms with Crippen LogP contribution in [0.5, 0.6) is 0 Å². The van der Waals surface area contributed by atoms with Crippen molar-refractivity contribution in [1.82, 2.24) is 4.90 Å². The quantitative estimate of drug-likeness (QED) is 0.900. The van der Waals surface area contributed by atoms with E-state index in [4.69, 9.17) is 0 Å². The molecule has 0 spiro atoms. The second kappa shape index (κ2) is 6.02. The third kappa shape index (κ3) is 2.78. The van der Waals surface area contributed by atoms with Crippen molar-refractivity contribution >= 4 is 0 Å². The zero-order valence-electron chi connectivity index (χ0n) is 14.5. The Morgan fingerprint density at radius 3 is 2.21 bits per heavy atom. The lowest BCUT2D eigenvalue weighted by molar-refractivity contribution is -0.0712. The lowest BCUT2D eigenvalue weighted by atomic mass is 9.70. The molecule has 2 aromatic rings. The van der Waals surface area contributed by atoms with Crippen LogP contribution < -0.4 is 0 Å². The maximum atomic E-state index is 11.2. The minimum Gasteiger partial charge on any atom is -0.385 e. The first-order chi connectivity index (χ1) is 11.6. The molecule has 24 heavy (non-hydrogen) atoms. The summed E-state index contributed by atoms with van der Waals surface area (Å²) >= 11 is 0. The van der Waals surface area contributed by atoms with Gasteiger partial charge in [-0.15, -0.1) is 0 Å². The maximum absolute atomic E-state index is 11.2. The smallest absolute Gasteiger partial charge is 0.0923 e. The highest BCUT2D eigenvalue weighted by Gasteiger charge is 2.45. The predicted octanol–water partition coefficient (Wildman–Crippen LogP) is 4.09. The predicted molar refractivity (Wildman–Crippen MR) is 98.0 cm³/mol. The Morgan fingerprint density at radius 1 is 0.917 bits per heavy atom. The van der Waals surface area contributed by atoms with E-state index in [0.29, 0.717) is 6.04 Å². The van der Waals surface area contributed by atoms with Gasteiger partial charge in [-0.2, -0.15) is 0 Å². The first-order valence-corrected chi connectivity index (χ1v) is 9.17. The zero-order valence-corrected chi connectivity index (χ0v) is 14.5. The van der Waals surface area contributed by atoms with Crippen LogP contribution in [-0.4, -0.2) is 29.1 Å². The maximum Gasteiger partial charge on any atom is 0.0923 e. The molecule has 1 N–H and O–H groups in total. The molecule has 3 unspecified atom stereocenters. The number of rotatable bonds is 2. The lowest BCUT2D eigenvalue weighted by Gasteiger charge is -2.51. The number of hydrogen-bond acceptors (Lipinski definition) is 2. The molecule has 0 bridgehead atoms. The third-order valence-electron chi connectivity index (χ3n) is 6.27. The van der Waals surface area contributed by atoms with E-state index in [-0.39, 0.29) is 5.41 Å². The van der Waals surface area contributed by atoms with Gasteiger partial charge in [0.15, 0.2) is 0 Å². The molecular weight excluding hydrogens is 294 g/mol. The van der Waals surface area contributed by atoms with Crippen LogP contribution >= 0.6 is 0 Å². The molecule has 0 aliphatic carbocycles. The normalized spacial score (nSPS) is 33.8. The first kappa shape index (κ1) is 15.9. The van der Waals surface area contributed by atoms with Crippen LogP contribution in [0.1, 0.15) is 43.7 Å². The number of nitrogens with zero attached hydrogens (tertiary/aromatic N) is 1. The number of piperidine rings is 2. The molecule has 0 aromatic heterocycles. The molecule has 0 saturated carbocycles. The SMILES string of the molecule is CC1(c2ccccc2)CCC2CC(O)(c3ccccc3)CCN2C1. The Labute approximate surface area is 145 Å². The minimum absolute atomic E-state index is 0.236. The van der Waals surface area contributed by atoms with Crippen molar-refractivity contribution in [2.24, 2.45) is 0 Å². The molecule has 2 aromatic carbocycles. The van der Waals surface area contributed by atoms with Crippen LogP contribution in [-0.2, 0) is 11.0 Å². The highest BCUT2D eigenvalue weighted by Crippen LogP contribution is 2.43. The number of aliphatic hydroxyl groups is 1. The Balaban J connectivity index is 1.52. The summed E-state index contributed by atoms with van der Waals surface area (Å²) in [6.07, 6.45) is 4.06. The van der Waals surface area contributed by atoms with Crippen LogP contribution in [0.2, 0.25) is 0 Å². The largest absolute Gasteiger partial charge is 0.385 e. The van der Waals surface area contributed by atoms with Gasteiger partial charge in [-0.3, -0.25) is 4.90 Å². The molecular formula is C22H27NO. The van der Waals surface area contributed by atoms with Crippen LogP contribution in [0.4, 0.5) is 0 Å². The fourth-order valence-corrected chi connectivity index (χ4v) is 4.72. The van der Waals surface area contributed by atoms with Crippen molar-refractivity contribution < 1.29 is 5.11 Å². The first-order valence-electron chi connectivity index (χ1n) is 9.17. The van der Waals surface area contributed by atoms with Gasteiger partial charge in [0.25, 0.3) is 0 Å². The summed E-state index contributed by atoms with van der Waals surface area (Å²) in [5.74, 6) is 0. The van der Waals surface area contributed by atoms with Gasteiger partial charge >= 0.3 is 0 Å². The van der Waals surface area contributed by atoms with Crippen molar-refractivity contribution in [2.75, 3.05) is 13.1 Å². The molecule has 2 heterocycles. The molecule has 2 saturated heterocycles. The van der Waals surface area contributed by atoms with Gasteiger partial charge < -0.3 is 5.11 Å². The number of hydrogen-bond donors (Lipinski definition) is 1. The summed E-state index contributed by atoms with van der Waals surface area (Å²) in [5.41, 5.74) is 2.12. The van der Waals surface area contributed by atoms with Crippen molar-refractivity contribution in [1.29, 1.82) is 0 Å². The highest BCUT2D eigenvalue weighted by atomic mass is 16.3. The monoisotopic (exact) mass is 321 g/mol. The summed E-state index contributed by atoms with van der Waals surface area (Å²) in [4.78, 5) is 2.62. The summed E-state index contributed by atoms with van der Waals surface area (Å²) in [6.45, 7) is 4.49. The van der Waals surface area contributed by atoms with Gasteiger partial charge in [-0.1, -0.05) is 67.6 Å². The molecule has 0 radical (unpaired) electrons. The summed E-state index contributed by atoms with van der Waals surface area (Å²) in [7, 11) is 0. The van der Waals surface area contributed by atoms with Crippen molar-refractivity contribution in [3.63, 3.8) is 0 Å². The molecule has 2 nitrogen and oxygen atoms in total. The van der Waals surface area contributed by atoms with Crippen molar-refractivity contribution in [3.8, 4) is 0 Å². The molecule has 2 heteroatoms. The minimum atomic E-state index is -0.650. The Morgan fingerprint density at radius 2 is 1.54 bits per heavy atom. The third-order valence-corrected chi connectivity index (χ3v) is 6.27. The molecule has 126 valence electrons. The molecule has 2 aliphatic rings. The summed E-state index contributed by atoms with van der Waals surface area (Å²) < 4.78 is 0. The van der Waals surface area contributed by atoms with Crippen molar-refractivity contribution in [3.05, 3.63) is 71.8 Å².